The van der Waals surface area contributed by atoms with E-state index in [1.165, 1.54) is 4.68 Å². The van der Waals surface area contributed by atoms with Crippen LogP contribution < -0.4 is 5.32 Å². The molecule has 1 fully saturated rings. The normalized spacial score (nSPS) is 20.8. The van der Waals surface area contributed by atoms with Gasteiger partial charge in [0.25, 0.3) is 0 Å². The Morgan fingerprint density at radius 2 is 1.78 bits per heavy atom. The number of carbonyl (C=O) groups excluding carboxylic acids is 1. The molecule has 3 aromatic rings. The Kier molecular flexibility index (Phi) is 6.37. The number of nitrogens with zero attached hydrogens (tertiary/aromatic N) is 2. The summed E-state index contributed by atoms with van der Waals surface area (Å²) < 4.78 is 21.7. The lowest BCUT2D eigenvalue weighted by atomic mass is 9.74. The number of amides is 1. The minimum Gasteiger partial charge on any atom is -0.481 e. The number of hydrogen-bond donors (Lipinski definition) is 2. The van der Waals surface area contributed by atoms with Gasteiger partial charge in [-0.2, -0.15) is 5.10 Å². The van der Waals surface area contributed by atoms with Crippen molar-refractivity contribution in [2.45, 2.75) is 37.8 Å². The van der Waals surface area contributed by atoms with Gasteiger partial charge in [0.05, 0.1) is 11.6 Å². The van der Waals surface area contributed by atoms with Gasteiger partial charge in [0, 0.05) is 11.5 Å². The van der Waals surface area contributed by atoms with Crippen LogP contribution in [-0.2, 0) is 15.1 Å². The molecule has 2 aliphatic rings. The van der Waals surface area contributed by atoms with E-state index in [0.717, 1.165) is 22.9 Å². The number of ether oxygens (including phenoxy) is 1. The number of anilines is 1. The Labute approximate surface area is 218 Å². The van der Waals surface area contributed by atoms with Gasteiger partial charge in [-0.25, -0.2) is 13.9 Å². The van der Waals surface area contributed by atoms with E-state index in [9.17, 15) is 14.7 Å². The number of allylic oxidation sites excluding steroid dienone is 4. The first kappa shape index (κ1) is 24.8. The Hall–Kier alpha value is -3.91. The molecule has 37 heavy (non-hydrogen) atoms. The molecule has 0 bridgehead atoms. The van der Waals surface area contributed by atoms with Crippen molar-refractivity contribution in [3.05, 3.63) is 101 Å². The van der Waals surface area contributed by atoms with Crippen molar-refractivity contribution < 1.29 is 23.8 Å². The fourth-order valence-corrected chi connectivity index (χ4v) is 5.41. The number of rotatable bonds is 7. The summed E-state index contributed by atoms with van der Waals surface area (Å²) in [5, 5.41) is 17.3. The monoisotopic (exact) mass is 521 g/mol. The topological polar surface area (TPSA) is 93.5 Å². The van der Waals surface area contributed by atoms with E-state index in [0.29, 0.717) is 17.9 Å². The zero-order chi connectivity index (χ0) is 26.2. The highest BCUT2D eigenvalue weighted by Crippen LogP contribution is 2.63. The largest absolute Gasteiger partial charge is 0.481 e. The highest BCUT2D eigenvalue weighted by molar-refractivity contribution is 6.33. The second-order valence-electron chi connectivity index (χ2n) is 9.34. The highest BCUT2D eigenvalue weighted by atomic mass is 35.5. The molecule has 0 radical (unpaired) electrons. The Morgan fingerprint density at radius 3 is 2.38 bits per heavy atom. The molecule has 0 saturated heterocycles. The molecule has 2 atom stereocenters. The van der Waals surface area contributed by atoms with Gasteiger partial charge in [-0.3, -0.25) is 10.1 Å². The van der Waals surface area contributed by atoms with E-state index in [1.807, 2.05) is 60.7 Å². The van der Waals surface area contributed by atoms with Crippen LogP contribution in [-0.4, -0.2) is 26.9 Å². The standard InChI is InChI=1S/C28H25ClFN3O4/c1-18(19-8-4-2-5-9-19)37-26(36)32-24-23(30)17-31-33(24)28(27(14-15-27)25(34)35)13-12-21(22(29)16-28)20-10-6-3-7-11-20/h2-13,17-18H,14-16H2,1H3,(H,32,36)(H,34,35)/t18?,28-/m0/s1. The quantitative estimate of drug-likeness (QED) is 0.370. The lowest BCUT2D eigenvalue weighted by Gasteiger charge is -2.40. The molecule has 1 unspecified atom stereocenters. The van der Waals surface area contributed by atoms with Gasteiger partial charge < -0.3 is 9.84 Å². The van der Waals surface area contributed by atoms with Crippen LogP contribution in [0.2, 0.25) is 0 Å². The van der Waals surface area contributed by atoms with E-state index in [-0.39, 0.29) is 12.2 Å². The third-order valence-electron chi connectivity index (χ3n) is 7.19. The lowest BCUT2D eigenvalue weighted by Crippen LogP contribution is -2.47. The summed E-state index contributed by atoms with van der Waals surface area (Å²) >= 11 is 6.78. The number of aromatic nitrogens is 2. The molecule has 2 aliphatic carbocycles. The molecule has 2 N–H and O–H groups in total. The van der Waals surface area contributed by atoms with Crippen LogP contribution >= 0.6 is 11.6 Å². The SMILES string of the molecule is CC(OC(=O)Nc1c(F)cnn1[C@@]1(C2(C(=O)O)CC2)C=CC(c2ccccc2)=C(Cl)C1)c1ccccc1. The smallest absolute Gasteiger partial charge is 0.413 e. The van der Waals surface area contributed by atoms with E-state index < -0.39 is 34.9 Å². The Balaban J connectivity index is 1.50. The van der Waals surface area contributed by atoms with Crippen LogP contribution in [0.5, 0.6) is 0 Å². The summed E-state index contributed by atoms with van der Waals surface area (Å²) in [6.07, 6.45) is 3.71. The van der Waals surface area contributed by atoms with Gasteiger partial charge in [-0.15, -0.1) is 0 Å². The number of carboxylic acids is 1. The number of carboxylic acid groups (broad SMARTS) is 1. The summed E-state index contributed by atoms with van der Waals surface area (Å²) in [5.41, 5.74) is -0.210. The second kappa shape index (κ2) is 9.52. The Bertz CT molecular complexity index is 1400. The molecular formula is C28H25ClFN3O4. The molecule has 0 spiro atoms. The number of nitrogens with one attached hydrogen (secondary N) is 1. The zero-order valence-electron chi connectivity index (χ0n) is 20.0. The van der Waals surface area contributed by atoms with Crippen molar-refractivity contribution in [3.8, 4) is 0 Å². The van der Waals surface area contributed by atoms with Gasteiger partial charge in [0.2, 0.25) is 0 Å². The molecule has 190 valence electrons. The fraction of sp³-hybridized carbons (Fsp3) is 0.250. The van der Waals surface area contributed by atoms with Crippen molar-refractivity contribution in [1.82, 2.24) is 9.78 Å². The molecule has 5 rings (SSSR count). The van der Waals surface area contributed by atoms with Crippen LogP contribution in [0.1, 0.15) is 43.4 Å². The van der Waals surface area contributed by atoms with Crippen LogP contribution in [0.4, 0.5) is 15.0 Å². The van der Waals surface area contributed by atoms with Crippen LogP contribution in [0.15, 0.2) is 84.0 Å². The maximum Gasteiger partial charge on any atom is 0.413 e. The van der Waals surface area contributed by atoms with Crippen molar-refractivity contribution in [3.63, 3.8) is 0 Å². The summed E-state index contributed by atoms with van der Waals surface area (Å²) in [4.78, 5) is 25.3. The van der Waals surface area contributed by atoms with Gasteiger partial charge in [-0.05, 0) is 36.5 Å². The van der Waals surface area contributed by atoms with Crippen molar-refractivity contribution in [1.29, 1.82) is 0 Å². The first-order valence-electron chi connectivity index (χ1n) is 11.9. The van der Waals surface area contributed by atoms with Gasteiger partial charge in [-0.1, -0.05) is 84.4 Å². The predicted molar refractivity (Wildman–Crippen MR) is 137 cm³/mol. The molecule has 7 nitrogen and oxygen atoms in total. The first-order chi connectivity index (χ1) is 17.8. The van der Waals surface area contributed by atoms with E-state index in [1.54, 1.807) is 19.1 Å². The minimum absolute atomic E-state index is 0.0624. The molecule has 1 aromatic heterocycles. The molecule has 1 heterocycles. The molecule has 9 heteroatoms. The highest BCUT2D eigenvalue weighted by Gasteiger charge is 2.66. The second-order valence-corrected chi connectivity index (χ2v) is 9.80. The van der Waals surface area contributed by atoms with Gasteiger partial charge in [0.1, 0.15) is 11.6 Å². The van der Waals surface area contributed by atoms with Crippen LogP contribution in [0.25, 0.3) is 5.57 Å². The van der Waals surface area contributed by atoms with Crippen molar-refractivity contribution in [2.24, 2.45) is 5.41 Å². The number of aliphatic carboxylic acids is 1. The average Bonchev–Trinajstić information content (AvgIpc) is 3.65. The van der Waals surface area contributed by atoms with E-state index in [4.69, 9.17) is 16.3 Å². The van der Waals surface area contributed by atoms with Crippen LogP contribution in [0.3, 0.4) is 0 Å². The Morgan fingerprint density at radius 1 is 1.14 bits per heavy atom. The number of hydrogen-bond acceptors (Lipinski definition) is 4. The van der Waals surface area contributed by atoms with Crippen molar-refractivity contribution in [2.75, 3.05) is 5.32 Å². The molecule has 0 aliphatic heterocycles. The van der Waals surface area contributed by atoms with Gasteiger partial charge >= 0.3 is 12.1 Å². The summed E-state index contributed by atoms with van der Waals surface area (Å²) in [7, 11) is 0. The molecule has 2 aromatic carbocycles. The maximum absolute atomic E-state index is 15.0. The molecule has 1 saturated carbocycles. The van der Waals surface area contributed by atoms with E-state index in [2.05, 4.69) is 10.4 Å². The third-order valence-corrected chi connectivity index (χ3v) is 7.53. The predicted octanol–water partition coefficient (Wildman–Crippen LogP) is 6.50. The number of halogens is 2. The van der Waals surface area contributed by atoms with Gasteiger partial charge in [0.15, 0.2) is 11.6 Å². The van der Waals surface area contributed by atoms with Crippen molar-refractivity contribution >= 4 is 35.1 Å². The minimum atomic E-state index is -1.34. The maximum atomic E-state index is 15.0. The lowest BCUT2D eigenvalue weighted by molar-refractivity contribution is -0.147. The molecular weight excluding hydrogens is 497 g/mol. The summed E-state index contributed by atoms with van der Waals surface area (Å²) in [6.45, 7) is 1.70. The first-order valence-corrected chi connectivity index (χ1v) is 12.3. The summed E-state index contributed by atoms with van der Waals surface area (Å²) in [6, 6.07) is 18.6. The molecule has 1 amide bonds. The average molecular weight is 522 g/mol. The van der Waals surface area contributed by atoms with E-state index >= 15 is 4.39 Å². The zero-order valence-corrected chi connectivity index (χ0v) is 20.8. The number of benzene rings is 2. The third kappa shape index (κ3) is 4.31. The summed E-state index contributed by atoms with van der Waals surface area (Å²) in [5.74, 6) is -2.13. The van der Waals surface area contributed by atoms with Crippen LogP contribution in [0, 0.1) is 11.2 Å². The number of carbonyl (C=O) groups is 2. The fourth-order valence-electron chi connectivity index (χ4n) is 5.03.